The van der Waals surface area contributed by atoms with Crippen molar-refractivity contribution in [3.05, 3.63) is 54.4 Å². The Morgan fingerprint density at radius 1 is 1.32 bits per heavy atom. The first kappa shape index (κ1) is 16.8. The topological polar surface area (TPSA) is 83.6 Å². The van der Waals surface area contributed by atoms with Gasteiger partial charge in [0.2, 0.25) is 5.91 Å². The van der Waals surface area contributed by atoms with Crippen molar-refractivity contribution in [3.63, 3.8) is 0 Å². The fourth-order valence-electron chi connectivity index (χ4n) is 2.74. The van der Waals surface area contributed by atoms with Crippen LogP contribution in [0.5, 0.6) is 5.75 Å². The van der Waals surface area contributed by atoms with Crippen molar-refractivity contribution in [1.82, 2.24) is 15.6 Å². The highest BCUT2D eigenvalue weighted by Gasteiger charge is 2.31. The van der Waals surface area contributed by atoms with Gasteiger partial charge in [-0.15, -0.1) is 0 Å². The summed E-state index contributed by atoms with van der Waals surface area (Å²) in [5.41, 5.74) is 1.71. The summed E-state index contributed by atoms with van der Waals surface area (Å²) in [6.07, 6.45) is 3.67. The Kier molecular flexibility index (Phi) is 5.13. The lowest BCUT2D eigenvalue weighted by atomic mass is 10.2. The third-order valence-electron chi connectivity index (χ3n) is 4.02. The summed E-state index contributed by atoms with van der Waals surface area (Å²) in [6.45, 7) is 0.841. The molecule has 1 atom stereocenters. The first-order chi connectivity index (χ1) is 12.2. The normalized spacial score (nSPS) is 16.6. The predicted molar refractivity (Wildman–Crippen MR) is 93.4 cm³/mol. The summed E-state index contributed by atoms with van der Waals surface area (Å²) in [7, 11) is 1.60. The maximum atomic E-state index is 12.2. The minimum atomic E-state index is -0.293. The average molecular weight is 340 g/mol. The van der Waals surface area contributed by atoms with Gasteiger partial charge in [0, 0.05) is 37.6 Å². The van der Waals surface area contributed by atoms with Crippen LogP contribution in [-0.4, -0.2) is 36.6 Å². The fourth-order valence-corrected chi connectivity index (χ4v) is 2.74. The number of urea groups is 1. The zero-order valence-electron chi connectivity index (χ0n) is 13.9. The van der Waals surface area contributed by atoms with Crippen molar-refractivity contribution >= 4 is 17.6 Å². The van der Waals surface area contributed by atoms with Crippen LogP contribution in [0.25, 0.3) is 0 Å². The molecule has 1 unspecified atom stereocenters. The summed E-state index contributed by atoms with van der Waals surface area (Å²) in [4.78, 5) is 29.9. The SMILES string of the molecule is COc1ccc(N2CC(NC(=O)NCc3cccnc3)CC2=O)cc1. The van der Waals surface area contributed by atoms with E-state index in [-0.39, 0.29) is 24.4 Å². The van der Waals surface area contributed by atoms with E-state index in [1.165, 1.54) is 0 Å². The number of amides is 3. The molecule has 0 aliphatic carbocycles. The molecule has 0 saturated carbocycles. The van der Waals surface area contributed by atoms with Crippen molar-refractivity contribution in [2.24, 2.45) is 0 Å². The number of methoxy groups -OCH3 is 1. The molecule has 1 aromatic carbocycles. The predicted octanol–water partition coefficient (Wildman–Crippen LogP) is 1.69. The van der Waals surface area contributed by atoms with Crippen molar-refractivity contribution in [2.45, 2.75) is 19.0 Å². The van der Waals surface area contributed by atoms with Crippen LogP contribution in [0.3, 0.4) is 0 Å². The minimum absolute atomic E-state index is 0.0114. The number of benzene rings is 1. The van der Waals surface area contributed by atoms with Gasteiger partial charge in [-0.3, -0.25) is 9.78 Å². The number of rotatable bonds is 5. The van der Waals surface area contributed by atoms with E-state index >= 15 is 0 Å². The fraction of sp³-hybridized carbons (Fsp3) is 0.278. The lowest BCUT2D eigenvalue weighted by Crippen LogP contribution is -2.43. The smallest absolute Gasteiger partial charge is 0.315 e. The van der Waals surface area contributed by atoms with Crippen LogP contribution in [0, 0.1) is 0 Å². The number of pyridine rings is 1. The van der Waals surface area contributed by atoms with E-state index in [0.29, 0.717) is 13.1 Å². The molecule has 2 N–H and O–H groups in total. The van der Waals surface area contributed by atoms with E-state index in [4.69, 9.17) is 4.74 Å². The standard InChI is InChI=1S/C18H20N4O3/c1-25-16-6-4-15(5-7-16)22-12-14(9-17(22)23)21-18(24)20-11-13-3-2-8-19-10-13/h2-8,10,14H,9,11-12H2,1H3,(H2,20,21,24). The molecule has 25 heavy (non-hydrogen) atoms. The maximum absolute atomic E-state index is 12.2. The number of aromatic nitrogens is 1. The largest absolute Gasteiger partial charge is 0.497 e. The van der Waals surface area contributed by atoms with Crippen LogP contribution >= 0.6 is 0 Å². The minimum Gasteiger partial charge on any atom is -0.497 e. The summed E-state index contributed by atoms with van der Waals surface area (Å²) in [5.74, 6) is 0.725. The average Bonchev–Trinajstić information content (AvgIpc) is 3.01. The van der Waals surface area contributed by atoms with Crippen molar-refractivity contribution in [3.8, 4) is 5.75 Å². The molecule has 3 amide bonds. The first-order valence-corrected chi connectivity index (χ1v) is 8.03. The quantitative estimate of drug-likeness (QED) is 0.868. The number of ether oxygens (including phenoxy) is 1. The van der Waals surface area contributed by atoms with Gasteiger partial charge >= 0.3 is 6.03 Å². The Hall–Kier alpha value is -3.09. The van der Waals surface area contributed by atoms with E-state index in [9.17, 15) is 9.59 Å². The van der Waals surface area contributed by atoms with Gasteiger partial charge in [0.25, 0.3) is 0 Å². The molecular formula is C18H20N4O3. The molecule has 2 heterocycles. The Balaban J connectivity index is 1.52. The van der Waals surface area contributed by atoms with E-state index in [2.05, 4.69) is 15.6 Å². The van der Waals surface area contributed by atoms with Gasteiger partial charge in [-0.2, -0.15) is 0 Å². The molecule has 130 valence electrons. The van der Waals surface area contributed by atoms with Gasteiger partial charge in [0.15, 0.2) is 0 Å². The second-order valence-electron chi connectivity index (χ2n) is 5.79. The number of nitrogens with zero attached hydrogens (tertiary/aromatic N) is 2. The van der Waals surface area contributed by atoms with Crippen LogP contribution in [0.2, 0.25) is 0 Å². The molecule has 7 heteroatoms. The van der Waals surface area contributed by atoms with Crippen molar-refractivity contribution in [2.75, 3.05) is 18.6 Å². The highest BCUT2D eigenvalue weighted by molar-refractivity contribution is 5.96. The molecule has 2 aromatic rings. The Morgan fingerprint density at radius 3 is 2.80 bits per heavy atom. The number of carbonyl (C=O) groups excluding carboxylic acids is 2. The molecule has 1 saturated heterocycles. The number of anilines is 1. The third kappa shape index (κ3) is 4.26. The molecule has 3 rings (SSSR count). The summed E-state index contributed by atoms with van der Waals surface area (Å²) in [5, 5.41) is 5.62. The molecule has 1 aliphatic heterocycles. The van der Waals surface area contributed by atoms with Crippen molar-refractivity contribution in [1.29, 1.82) is 0 Å². The van der Waals surface area contributed by atoms with E-state index in [1.807, 2.05) is 36.4 Å². The monoisotopic (exact) mass is 340 g/mol. The van der Waals surface area contributed by atoms with Gasteiger partial charge in [-0.05, 0) is 35.9 Å². The van der Waals surface area contributed by atoms with E-state index in [1.54, 1.807) is 24.4 Å². The van der Waals surface area contributed by atoms with Gasteiger partial charge in [-0.25, -0.2) is 4.79 Å². The van der Waals surface area contributed by atoms with Gasteiger partial charge < -0.3 is 20.3 Å². The maximum Gasteiger partial charge on any atom is 0.315 e. The second-order valence-corrected chi connectivity index (χ2v) is 5.79. The van der Waals surface area contributed by atoms with E-state index in [0.717, 1.165) is 17.0 Å². The highest BCUT2D eigenvalue weighted by atomic mass is 16.5. The molecule has 1 fully saturated rings. The first-order valence-electron chi connectivity index (χ1n) is 8.03. The molecule has 0 spiro atoms. The molecule has 1 aliphatic rings. The molecule has 0 bridgehead atoms. The molecule has 7 nitrogen and oxygen atoms in total. The number of nitrogens with one attached hydrogen (secondary N) is 2. The van der Waals surface area contributed by atoms with Gasteiger partial charge in [0.05, 0.1) is 13.2 Å². The Labute approximate surface area is 146 Å². The summed E-state index contributed by atoms with van der Waals surface area (Å²) in [6, 6.07) is 10.5. The third-order valence-corrected chi connectivity index (χ3v) is 4.02. The Morgan fingerprint density at radius 2 is 2.12 bits per heavy atom. The Bertz CT molecular complexity index is 734. The van der Waals surface area contributed by atoms with E-state index < -0.39 is 0 Å². The van der Waals surface area contributed by atoms with Crippen LogP contribution < -0.4 is 20.3 Å². The summed E-state index contributed by atoms with van der Waals surface area (Å²) >= 11 is 0. The van der Waals surface area contributed by atoms with Crippen LogP contribution in [0.4, 0.5) is 10.5 Å². The molecule has 0 radical (unpaired) electrons. The summed E-state index contributed by atoms with van der Waals surface area (Å²) < 4.78 is 5.12. The number of hydrogen-bond acceptors (Lipinski definition) is 4. The molecular weight excluding hydrogens is 320 g/mol. The zero-order chi connectivity index (χ0) is 17.6. The zero-order valence-corrected chi connectivity index (χ0v) is 13.9. The van der Waals surface area contributed by atoms with Crippen LogP contribution in [0.15, 0.2) is 48.8 Å². The van der Waals surface area contributed by atoms with Gasteiger partial charge in [0.1, 0.15) is 5.75 Å². The van der Waals surface area contributed by atoms with Crippen LogP contribution in [0.1, 0.15) is 12.0 Å². The van der Waals surface area contributed by atoms with Gasteiger partial charge in [-0.1, -0.05) is 6.07 Å². The molecule has 1 aromatic heterocycles. The number of hydrogen-bond donors (Lipinski definition) is 2. The second kappa shape index (κ2) is 7.65. The van der Waals surface area contributed by atoms with Crippen molar-refractivity contribution < 1.29 is 14.3 Å². The lowest BCUT2D eigenvalue weighted by molar-refractivity contribution is -0.117. The highest BCUT2D eigenvalue weighted by Crippen LogP contribution is 2.24. The lowest BCUT2D eigenvalue weighted by Gasteiger charge is -2.17. The number of carbonyl (C=O) groups is 2. The van der Waals surface area contributed by atoms with Crippen LogP contribution in [-0.2, 0) is 11.3 Å².